The Morgan fingerprint density at radius 3 is 2.50 bits per heavy atom. The Hall–Kier alpha value is -4.12. The largest absolute Gasteiger partial charge is 0.505 e. The molecule has 2 N–H and O–H groups in total. The Labute approximate surface area is 217 Å². The highest BCUT2D eigenvalue weighted by Crippen LogP contribution is 2.27. The first-order valence-electron chi connectivity index (χ1n) is 12.1. The quantitative estimate of drug-likeness (QED) is 0.387. The van der Waals surface area contributed by atoms with Crippen molar-refractivity contribution in [3.63, 3.8) is 0 Å². The molecule has 0 spiro atoms. The Bertz CT molecular complexity index is 1660. The fourth-order valence-electron chi connectivity index (χ4n) is 4.59. The zero-order valence-electron chi connectivity index (χ0n) is 20.3. The maximum Gasteiger partial charge on any atom is 0.268 e. The predicted octanol–water partition coefficient (Wildman–Crippen LogP) is 2.58. The highest BCUT2D eigenvalue weighted by atomic mass is 32.2. The van der Waals surface area contributed by atoms with Crippen molar-refractivity contribution in [1.82, 2.24) is 19.9 Å². The molecule has 0 unspecified atom stereocenters. The maximum absolute atomic E-state index is 13.7. The third-order valence-electron chi connectivity index (χ3n) is 6.62. The van der Waals surface area contributed by atoms with Crippen molar-refractivity contribution in [3.8, 4) is 5.75 Å². The van der Waals surface area contributed by atoms with Crippen LogP contribution in [0.1, 0.15) is 40.0 Å². The summed E-state index contributed by atoms with van der Waals surface area (Å²) < 4.78 is 38.2. The second kappa shape index (κ2) is 10.3. The Kier molecular flexibility index (Phi) is 6.94. The minimum absolute atomic E-state index is 0.0279. The van der Waals surface area contributed by atoms with Gasteiger partial charge in [0, 0.05) is 18.4 Å². The number of hydrogen-bond acceptors (Lipinski definition) is 7. The van der Waals surface area contributed by atoms with Crippen molar-refractivity contribution in [2.45, 2.75) is 31.8 Å². The molecule has 0 saturated carbocycles. The fraction of sp³-hybridized carbons (Fsp3) is 0.259. The third kappa shape index (κ3) is 5.42. The van der Waals surface area contributed by atoms with Gasteiger partial charge in [-0.3, -0.25) is 24.1 Å². The summed E-state index contributed by atoms with van der Waals surface area (Å²) in [6.07, 6.45) is 4.00. The average Bonchev–Trinajstić information content (AvgIpc) is 2.90. The molecular formula is C27H25FN4O5S. The van der Waals surface area contributed by atoms with Crippen LogP contribution in [-0.4, -0.2) is 51.5 Å². The van der Waals surface area contributed by atoms with Crippen molar-refractivity contribution in [3.05, 3.63) is 99.5 Å². The van der Waals surface area contributed by atoms with Gasteiger partial charge in [-0.05, 0) is 60.7 Å². The number of nitrogens with zero attached hydrogens (tertiary/aromatic N) is 3. The molecule has 9 nitrogen and oxygen atoms in total. The predicted molar refractivity (Wildman–Crippen MR) is 139 cm³/mol. The highest BCUT2D eigenvalue weighted by Gasteiger charge is 2.29. The molecular weight excluding hydrogens is 511 g/mol. The molecule has 0 radical (unpaired) electrons. The van der Waals surface area contributed by atoms with E-state index < -0.39 is 38.7 Å². The van der Waals surface area contributed by atoms with Gasteiger partial charge in [0.05, 0.1) is 29.3 Å². The molecule has 0 atom stereocenters. The second-order valence-corrected chi connectivity index (χ2v) is 11.7. The number of amides is 1. The van der Waals surface area contributed by atoms with Gasteiger partial charge < -0.3 is 10.4 Å². The molecule has 11 heteroatoms. The molecule has 1 aromatic carbocycles. The van der Waals surface area contributed by atoms with Crippen LogP contribution >= 0.6 is 0 Å². The molecule has 5 rings (SSSR count). The third-order valence-corrected chi connectivity index (χ3v) is 8.34. The Morgan fingerprint density at radius 2 is 1.82 bits per heavy atom. The number of aromatic nitrogens is 3. The zero-order chi connectivity index (χ0) is 26.9. The summed E-state index contributed by atoms with van der Waals surface area (Å²) in [7, 11) is -3.13. The monoisotopic (exact) mass is 536 g/mol. The number of carbonyl (C=O) groups excluding carboxylic acids is 1. The number of halogens is 1. The van der Waals surface area contributed by atoms with E-state index in [1.54, 1.807) is 42.6 Å². The molecule has 1 amide bonds. The van der Waals surface area contributed by atoms with Gasteiger partial charge in [0.2, 0.25) is 0 Å². The lowest BCUT2D eigenvalue weighted by Crippen LogP contribution is -2.43. The minimum atomic E-state index is -3.13. The van der Waals surface area contributed by atoms with Crippen molar-refractivity contribution in [1.29, 1.82) is 0 Å². The van der Waals surface area contributed by atoms with Gasteiger partial charge in [0.1, 0.15) is 26.7 Å². The van der Waals surface area contributed by atoms with Gasteiger partial charge in [-0.2, -0.15) is 0 Å². The van der Waals surface area contributed by atoms with E-state index in [9.17, 15) is 27.5 Å². The van der Waals surface area contributed by atoms with Gasteiger partial charge in [0.15, 0.2) is 5.75 Å². The van der Waals surface area contributed by atoms with Crippen molar-refractivity contribution < 1.29 is 22.7 Å². The maximum atomic E-state index is 13.7. The molecule has 4 heterocycles. The number of pyridine rings is 3. The number of benzene rings is 1. The van der Waals surface area contributed by atoms with Crippen LogP contribution in [0.4, 0.5) is 4.39 Å². The van der Waals surface area contributed by atoms with E-state index in [4.69, 9.17) is 0 Å². The summed E-state index contributed by atoms with van der Waals surface area (Å²) >= 11 is 0. The van der Waals surface area contributed by atoms with Crippen LogP contribution < -0.4 is 10.9 Å². The smallest absolute Gasteiger partial charge is 0.268 e. The molecule has 196 valence electrons. The SMILES string of the molecule is O=C(NC1CCS(=O)(=O)CC1)c1c(O)c2ncc(Cc3ccc(F)cc3)cc2n(Cc2ccccn2)c1=O. The van der Waals surface area contributed by atoms with Gasteiger partial charge in [0.25, 0.3) is 11.5 Å². The lowest BCUT2D eigenvalue weighted by atomic mass is 10.0. The number of sulfone groups is 1. The average molecular weight is 537 g/mol. The number of rotatable bonds is 6. The minimum Gasteiger partial charge on any atom is -0.505 e. The van der Waals surface area contributed by atoms with Gasteiger partial charge in [-0.25, -0.2) is 12.8 Å². The topological polar surface area (TPSA) is 131 Å². The standard InChI is InChI=1S/C27H25FN4O5S/c28-19-6-4-17(5-7-19)13-18-14-22-24(30-15-18)25(33)23(26(34)31-20-8-11-38(36,37)12-9-20)27(35)32(22)16-21-3-1-2-10-29-21/h1-7,10,14-15,20,33H,8-9,11-13,16H2,(H,31,34). The fourth-order valence-corrected chi connectivity index (χ4v) is 6.08. The Morgan fingerprint density at radius 1 is 1.08 bits per heavy atom. The summed E-state index contributed by atoms with van der Waals surface area (Å²) in [5.74, 6) is -1.78. The van der Waals surface area contributed by atoms with E-state index in [2.05, 4.69) is 15.3 Å². The van der Waals surface area contributed by atoms with Crippen LogP contribution in [0, 0.1) is 5.82 Å². The molecule has 1 saturated heterocycles. The van der Waals surface area contributed by atoms with Crippen LogP contribution in [0.25, 0.3) is 11.0 Å². The number of aromatic hydroxyl groups is 1. The van der Waals surface area contributed by atoms with Crippen molar-refractivity contribution >= 4 is 26.8 Å². The molecule has 1 aliphatic heterocycles. The molecule has 38 heavy (non-hydrogen) atoms. The van der Waals surface area contributed by atoms with E-state index in [1.807, 2.05) is 0 Å². The van der Waals surface area contributed by atoms with Crippen LogP contribution in [0.3, 0.4) is 0 Å². The van der Waals surface area contributed by atoms with Crippen LogP contribution in [-0.2, 0) is 22.8 Å². The van der Waals surface area contributed by atoms with Crippen LogP contribution in [0.5, 0.6) is 5.75 Å². The number of nitrogens with one attached hydrogen (secondary N) is 1. The van der Waals surface area contributed by atoms with Crippen molar-refractivity contribution in [2.24, 2.45) is 0 Å². The first-order chi connectivity index (χ1) is 18.2. The second-order valence-electron chi connectivity index (χ2n) is 9.35. The summed E-state index contributed by atoms with van der Waals surface area (Å²) in [6.45, 7) is 0.0279. The van der Waals surface area contributed by atoms with Crippen LogP contribution in [0.2, 0.25) is 0 Å². The lowest BCUT2D eigenvalue weighted by molar-refractivity contribution is 0.0929. The van der Waals surface area contributed by atoms with E-state index in [-0.39, 0.29) is 42.2 Å². The molecule has 1 aliphatic rings. The van der Waals surface area contributed by atoms with Gasteiger partial charge >= 0.3 is 0 Å². The van der Waals surface area contributed by atoms with E-state index in [0.29, 0.717) is 17.6 Å². The highest BCUT2D eigenvalue weighted by molar-refractivity contribution is 7.91. The summed E-state index contributed by atoms with van der Waals surface area (Å²) in [5.41, 5.74) is 1.33. The van der Waals surface area contributed by atoms with Gasteiger partial charge in [-0.1, -0.05) is 18.2 Å². The molecule has 1 fully saturated rings. The first-order valence-corrected chi connectivity index (χ1v) is 13.9. The normalized spacial score (nSPS) is 15.4. The first kappa shape index (κ1) is 25.5. The number of fused-ring (bicyclic) bond motifs is 1. The number of carbonyl (C=O) groups is 1. The summed E-state index contributed by atoms with van der Waals surface area (Å²) in [4.78, 5) is 35.5. The van der Waals surface area contributed by atoms with Crippen LogP contribution in [0.15, 0.2) is 65.7 Å². The van der Waals surface area contributed by atoms with Crippen molar-refractivity contribution in [2.75, 3.05) is 11.5 Å². The van der Waals surface area contributed by atoms with Gasteiger partial charge in [-0.15, -0.1) is 0 Å². The summed E-state index contributed by atoms with van der Waals surface area (Å²) in [6, 6.07) is 12.6. The molecule has 4 aromatic rings. The molecule has 0 aliphatic carbocycles. The molecule has 0 bridgehead atoms. The van der Waals surface area contributed by atoms with E-state index >= 15 is 0 Å². The number of hydrogen-bond donors (Lipinski definition) is 2. The Balaban J connectivity index is 1.56. The summed E-state index contributed by atoms with van der Waals surface area (Å²) in [5, 5.41) is 13.7. The zero-order valence-corrected chi connectivity index (χ0v) is 21.1. The molecule has 3 aromatic heterocycles. The lowest BCUT2D eigenvalue weighted by Gasteiger charge is -2.23. The van der Waals surface area contributed by atoms with E-state index in [0.717, 1.165) is 11.1 Å². The van der Waals surface area contributed by atoms with E-state index in [1.165, 1.54) is 22.9 Å².